The van der Waals surface area contributed by atoms with Crippen molar-refractivity contribution >= 4 is 11.0 Å². The fourth-order valence-corrected chi connectivity index (χ4v) is 2.69. The van der Waals surface area contributed by atoms with Crippen LogP contribution in [0.25, 0.3) is 11.0 Å². The first-order chi connectivity index (χ1) is 8.64. The van der Waals surface area contributed by atoms with Gasteiger partial charge in [0.2, 0.25) is 0 Å². The summed E-state index contributed by atoms with van der Waals surface area (Å²) < 4.78 is 7.89. The van der Waals surface area contributed by atoms with Crippen molar-refractivity contribution in [2.75, 3.05) is 6.61 Å². The highest BCUT2D eigenvalue weighted by Gasteiger charge is 2.36. The largest absolute Gasteiger partial charge is 0.367 e. The molecule has 1 atom stereocenters. The molecule has 4 nitrogen and oxygen atoms in total. The Morgan fingerprint density at radius 3 is 3.00 bits per heavy atom. The number of nitriles is 1. The van der Waals surface area contributed by atoms with Gasteiger partial charge in [0.15, 0.2) is 0 Å². The zero-order chi connectivity index (χ0) is 12.8. The predicted molar refractivity (Wildman–Crippen MR) is 68.0 cm³/mol. The van der Waals surface area contributed by atoms with Crippen molar-refractivity contribution in [3.05, 3.63) is 29.6 Å². The zero-order valence-electron chi connectivity index (χ0n) is 10.6. The molecule has 1 fully saturated rings. The topological polar surface area (TPSA) is 50.8 Å². The van der Waals surface area contributed by atoms with Crippen LogP contribution in [0.15, 0.2) is 18.2 Å². The van der Waals surface area contributed by atoms with E-state index in [1.807, 2.05) is 23.7 Å². The summed E-state index contributed by atoms with van der Waals surface area (Å²) in [5.74, 6) is 0.949. The van der Waals surface area contributed by atoms with Gasteiger partial charge in [-0.15, -0.1) is 0 Å². The van der Waals surface area contributed by atoms with E-state index in [9.17, 15) is 0 Å². The van der Waals surface area contributed by atoms with Gasteiger partial charge >= 0.3 is 0 Å². The summed E-state index contributed by atoms with van der Waals surface area (Å²) in [6, 6.07) is 7.74. The van der Waals surface area contributed by atoms with E-state index < -0.39 is 0 Å². The molecule has 0 aliphatic carbocycles. The number of fused-ring (bicyclic) bond motifs is 1. The smallest absolute Gasteiger partial charge is 0.141 e. The zero-order valence-corrected chi connectivity index (χ0v) is 10.6. The van der Waals surface area contributed by atoms with Crippen LogP contribution in [0, 0.1) is 11.3 Å². The second-order valence-electron chi connectivity index (χ2n) is 4.99. The van der Waals surface area contributed by atoms with Gasteiger partial charge in [0.05, 0.1) is 22.7 Å². The Morgan fingerprint density at radius 1 is 1.50 bits per heavy atom. The third-order valence-corrected chi connectivity index (χ3v) is 3.70. The molecule has 0 N–H and O–H groups in total. The van der Waals surface area contributed by atoms with Crippen LogP contribution >= 0.6 is 0 Å². The van der Waals surface area contributed by atoms with Gasteiger partial charge in [-0.05, 0) is 38.0 Å². The van der Waals surface area contributed by atoms with Crippen molar-refractivity contribution < 1.29 is 4.74 Å². The predicted octanol–water partition coefficient (Wildman–Crippen LogP) is 2.47. The maximum atomic E-state index is 8.95. The minimum absolute atomic E-state index is 0.291. The average molecular weight is 241 g/mol. The average Bonchev–Trinajstić information content (AvgIpc) is 2.95. The molecule has 3 rings (SSSR count). The summed E-state index contributed by atoms with van der Waals surface area (Å²) in [6.45, 7) is 2.88. The van der Waals surface area contributed by atoms with Crippen molar-refractivity contribution in [3.63, 3.8) is 0 Å². The summed E-state index contributed by atoms with van der Waals surface area (Å²) in [7, 11) is 1.98. The third kappa shape index (κ3) is 1.52. The Kier molecular flexibility index (Phi) is 2.39. The van der Waals surface area contributed by atoms with Crippen molar-refractivity contribution in [1.82, 2.24) is 9.55 Å². The third-order valence-electron chi connectivity index (χ3n) is 3.70. The summed E-state index contributed by atoms with van der Waals surface area (Å²) in [5.41, 5.74) is 2.28. The standard InChI is InChI=1S/C14H15N3O/c1-14(6-3-7-18-14)13-16-11-5-4-10(9-15)8-12(11)17(13)2/h4-5,8H,3,6-7H2,1-2H3. The van der Waals surface area contributed by atoms with E-state index in [-0.39, 0.29) is 5.60 Å². The Morgan fingerprint density at radius 2 is 2.33 bits per heavy atom. The molecule has 1 aromatic carbocycles. The van der Waals surface area contributed by atoms with Crippen molar-refractivity contribution in [1.29, 1.82) is 5.26 Å². The molecular formula is C14H15N3O. The number of benzene rings is 1. The van der Waals surface area contributed by atoms with Gasteiger partial charge in [-0.2, -0.15) is 5.26 Å². The quantitative estimate of drug-likeness (QED) is 0.770. The lowest BCUT2D eigenvalue weighted by Gasteiger charge is -2.22. The Balaban J connectivity index is 2.20. The number of rotatable bonds is 1. The lowest BCUT2D eigenvalue weighted by atomic mass is 10.0. The first-order valence-corrected chi connectivity index (χ1v) is 6.15. The Hall–Kier alpha value is -1.86. The maximum Gasteiger partial charge on any atom is 0.141 e. The number of hydrogen-bond acceptors (Lipinski definition) is 3. The molecule has 1 aromatic heterocycles. The van der Waals surface area contributed by atoms with E-state index in [0.29, 0.717) is 5.56 Å². The summed E-state index contributed by atoms with van der Waals surface area (Å²) >= 11 is 0. The molecule has 0 amide bonds. The van der Waals surface area contributed by atoms with Gasteiger partial charge in [-0.25, -0.2) is 4.98 Å². The second kappa shape index (κ2) is 3.82. The molecule has 4 heteroatoms. The molecule has 1 saturated heterocycles. The lowest BCUT2D eigenvalue weighted by molar-refractivity contribution is 0.00761. The molecule has 0 bridgehead atoms. The lowest BCUT2D eigenvalue weighted by Crippen LogP contribution is -2.24. The molecule has 1 aliphatic heterocycles. The van der Waals surface area contributed by atoms with Crippen LogP contribution in [-0.4, -0.2) is 16.2 Å². The van der Waals surface area contributed by atoms with E-state index in [1.165, 1.54) is 0 Å². The molecule has 1 unspecified atom stereocenters. The van der Waals surface area contributed by atoms with Gasteiger partial charge in [-0.1, -0.05) is 0 Å². The van der Waals surface area contributed by atoms with Gasteiger partial charge in [-0.3, -0.25) is 0 Å². The van der Waals surface area contributed by atoms with Gasteiger partial charge in [0.25, 0.3) is 0 Å². The van der Waals surface area contributed by atoms with E-state index in [1.54, 1.807) is 6.07 Å². The molecule has 1 aliphatic rings. The van der Waals surface area contributed by atoms with Crippen LogP contribution < -0.4 is 0 Å². The van der Waals surface area contributed by atoms with Crippen LogP contribution in [0.2, 0.25) is 0 Å². The number of aromatic nitrogens is 2. The van der Waals surface area contributed by atoms with E-state index >= 15 is 0 Å². The van der Waals surface area contributed by atoms with Crippen molar-refractivity contribution in [3.8, 4) is 6.07 Å². The number of nitrogens with zero attached hydrogens (tertiary/aromatic N) is 3. The minimum Gasteiger partial charge on any atom is -0.367 e. The second-order valence-corrected chi connectivity index (χ2v) is 4.99. The number of hydrogen-bond donors (Lipinski definition) is 0. The van der Waals surface area contributed by atoms with Crippen LogP contribution in [0.5, 0.6) is 0 Å². The number of imidazole rings is 1. The SMILES string of the molecule is Cn1c(C2(C)CCCO2)nc2ccc(C#N)cc21. The Bertz CT molecular complexity index is 645. The highest BCUT2D eigenvalue weighted by Crippen LogP contribution is 2.36. The van der Waals surface area contributed by atoms with E-state index in [0.717, 1.165) is 36.3 Å². The van der Waals surface area contributed by atoms with Crippen LogP contribution in [0.1, 0.15) is 31.2 Å². The van der Waals surface area contributed by atoms with Gasteiger partial charge in [0.1, 0.15) is 11.4 Å². The molecular weight excluding hydrogens is 226 g/mol. The monoisotopic (exact) mass is 241 g/mol. The van der Waals surface area contributed by atoms with E-state index in [4.69, 9.17) is 10.00 Å². The fourth-order valence-electron chi connectivity index (χ4n) is 2.69. The normalized spacial score (nSPS) is 23.4. The summed E-state index contributed by atoms with van der Waals surface area (Å²) in [4.78, 5) is 4.67. The molecule has 2 heterocycles. The highest BCUT2D eigenvalue weighted by atomic mass is 16.5. The molecule has 0 spiro atoms. The van der Waals surface area contributed by atoms with Crippen molar-refractivity contribution in [2.24, 2.45) is 7.05 Å². The fraction of sp³-hybridized carbons (Fsp3) is 0.429. The van der Waals surface area contributed by atoms with Crippen molar-refractivity contribution in [2.45, 2.75) is 25.4 Å². The number of ether oxygens (including phenoxy) is 1. The first kappa shape index (κ1) is 11.2. The van der Waals surface area contributed by atoms with Gasteiger partial charge < -0.3 is 9.30 Å². The molecule has 92 valence electrons. The molecule has 0 radical (unpaired) electrons. The first-order valence-electron chi connectivity index (χ1n) is 6.15. The maximum absolute atomic E-state index is 8.95. The van der Waals surface area contributed by atoms with E-state index in [2.05, 4.69) is 18.0 Å². The molecule has 2 aromatic rings. The van der Waals surface area contributed by atoms with Gasteiger partial charge in [0, 0.05) is 13.7 Å². The number of aryl methyl sites for hydroxylation is 1. The minimum atomic E-state index is -0.291. The molecule has 0 saturated carbocycles. The van der Waals surface area contributed by atoms with Crippen LogP contribution in [0.4, 0.5) is 0 Å². The summed E-state index contributed by atoms with van der Waals surface area (Å²) in [5, 5.41) is 8.95. The summed E-state index contributed by atoms with van der Waals surface area (Å²) in [6.07, 6.45) is 2.07. The molecule has 18 heavy (non-hydrogen) atoms. The highest BCUT2D eigenvalue weighted by molar-refractivity contribution is 5.77. The Labute approximate surface area is 106 Å². The van der Waals surface area contributed by atoms with Crippen LogP contribution in [0.3, 0.4) is 0 Å². The van der Waals surface area contributed by atoms with Crippen LogP contribution in [-0.2, 0) is 17.4 Å².